The molecule has 1 aromatic heterocycles. The number of hydrogen-bond donors (Lipinski definition) is 2. The van der Waals surface area contributed by atoms with Crippen LogP contribution >= 0.6 is 0 Å². The Bertz CT molecular complexity index is 657. The average molecular weight is 328 g/mol. The van der Waals surface area contributed by atoms with Crippen molar-refractivity contribution in [3.63, 3.8) is 0 Å². The quantitative estimate of drug-likeness (QED) is 0.781. The fourth-order valence-electron chi connectivity index (χ4n) is 2.38. The highest BCUT2D eigenvalue weighted by atomic mass is 16.5. The molecule has 0 aliphatic heterocycles. The fraction of sp³-hybridized carbons (Fsp3) is 0.368. The summed E-state index contributed by atoms with van der Waals surface area (Å²) < 4.78 is 5.70. The molecule has 24 heavy (non-hydrogen) atoms. The van der Waals surface area contributed by atoms with Gasteiger partial charge in [-0.05, 0) is 37.6 Å². The summed E-state index contributed by atoms with van der Waals surface area (Å²) in [5.41, 5.74) is 0.577. The van der Waals surface area contributed by atoms with Crippen LogP contribution in [0.5, 0.6) is 5.75 Å². The van der Waals surface area contributed by atoms with Crippen molar-refractivity contribution >= 4 is 5.91 Å². The van der Waals surface area contributed by atoms with Gasteiger partial charge in [0.2, 0.25) is 0 Å². The van der Waals surface area contributed by atoms with Crippen molar-refractivity contribution in [3.8, 4) is 5.75 Å². The number of carbonyl (C=O) groups is 1. The molecule has 128 valence electrons. The number of hydrogen-bond acceptors (Lipinski definition) is 4. The van der Waals surface area contributed by atoms with E-state index < -0.39 is 5.60 Å². The molecule has 0 aliphatic carbocycles. The molecule has 1 amide bonds. The van der Waals surface area contributed by atoms with E-state index in [9.17, 15) is 9.90 Å². The number of ether oxygens (including phenoxy) is 1. The molecule has 2 N–H and O–H groups in total. The number of rotatable bonds is 8. The molecule has 2 aromatic rings. The van der Waals surface area contributed by atoms with E-state index in [0.717, 1.165) is 12.0 Å². The van der Waals surface area contributed by atoms with Gasteiger partial charge in [0.1, 0.15) is 12.4 Å². The smallest absolute Gasteiger partial charge is 0.251 e. The molecule has 0 saturated heterocycles. The van der Waals surface area contributed by atoms with Crippen molar-refractivity contribution < 1.29 is 14.6 Å². The standard InChI is InChI=1S/C19H24N2O3/c1-3-9-19(2,23)14-21-18(22)16-7-4-8-17(11-16)24-13-15-6-5-10-20-12-15/h4-8,10-12,23H,3,9,13-14H2,1-2H3,(H,21,22)/t19-/m0/s1. The van der Waals surface area contributed by atoms with Crippen LogP contribution in [-0.4, -0.2) is 28.1 Å². The largest absolute Gasteiger partial charge is 0.489 e. The van der Waals surface area contributed by atoms with Crippen molar-refractivity contribution in [1.29, 1.82) is 0 Å². The van der Waals surface area contributed by atoms with Crippen LogP contribution in [-0.2, 0) is 6.61 Å². The molecule has 1 aromatic carbocycles. The molecular weight excluding hydrogens is 304 g/mol. The topological polar surface area (TPSA) is 71.5 Å². The van der Waals surface area contributed by atoms with Gasteiger partial charge in [-0.25, -0.2) is 0 Å². The lowest BCUT2D eigenvalue weighted by atomic mass is 10.0. The van der Waals surface area contributed by atoms with Gasteiger partial charge in [0, 0.05) is 30.1 Å². The lowest BCUT2D eigenvalue weighted by Gasteiger charge is -2.22. The Balaban J connectivity index is 1.93. The molecule has 0 fully saturated rings. The lowest BCUT2D eigenvalue weighted by Crippen LogP contribution is -2.40. The monoisotopic (exact) mass is 328 g/mol. The van der Waals surface area contributed by atoms with E-state index in [1.165, 1.54) is 0 Å². The minimum atomic E-state index is -0.890. The zero-order valence-corrected chi connectivity index (χ0v) is 14.2. The van der Waals surface area contributed by atoms with E-state index in [1.54, 1.807) is 43.6 Å². The van der Waals surface area contributed by atoms with Crippen molar-refractivity contribution in [2.45, 2.75) is 38.9 Å². The molecular formula is C19H24N2O3. The first-order valence-electron chi connectivity index (χ1n) is 8.12. The predicted octanol–water partition coefficient (Wildman–Crippen LogP) is 2.94. The summed E-state index contributed by atoms with van der Waals surface area (Å²) in [6.45, 7) is 4.34. The summed E-state index contributed by atoms with van der Waals surface area (Å²) in [6, 6.07) is 10.8. The van der Waals surface area contributed by atoms with Crippen LogP contribution in [0.3, 0.4) is 0 Å². The second-order valence-electron chi connectivity index (χ2n) is 6.11. The van der Waals surface area contributed by atoms with Gasteiger partial charge >= 0.3 is 0 Å². The van der Waals surface area contributed by atoms with Crippen LogP contribution in [0.1, 0.15) is 42.6 Å². The number of nitrogens with one attached hydrogen (secondary N) is 1. The average Bonchev–Trinajstić information content (AvgIpc) is 2.59. The Hall–Kier alpha value is -2.40. The highest BCUT2D eigenvalue weighted by molar-refractivity contribution is 5.94. The molecule has 5 nitrogen and oxygen atoms in total. The number of benzene rings is 1. The second-order valence-corrected chi connectivity index (χ2v) is 6.11. The van der Waals surface area contributed by atoms with E-state index in [-0.39, 0.29) is 12.5 Å². The number of nitrogens with zero attached hydrogens (tertiary/aromatic N) is 1. The lowest BCUT2D eigenvalue weighted by molar-refractivity contribution is 0.0469. The van der Waals surface area contributed by atoms with Gasteiger partial charge in [-0.1, -0.05) is 25.5 Å². The van der Waals surface area contributed by atoms with Crippen LogP contribution in [0.15, 0.2) is 48.8 Å². The normalized spacial score (nSPS) is 13.1. The fourth-order valence-corrected chi connectivity index (χ4v) is 2.38. The highest BCUT2D eigenvalue weighted by Gasteiger charge is 2.20. The van der Waals surface area contributed by atoms with Crippen LogP contribution in [0.2, 0.25) is 0 Å². The maximum atomic E-state index is 12.2. The van der Waals surface area contributed by atoms with Crippen LogP contribution in [0, 0.1) is 0 Å². The van der Waals surface area contributed by atoms with Crippen molar-refractivity contribution in [3.05, 3.63) is 59.9 Å². The summed E-state index contributed by atoms with van der Waals surface area (Å²) in [4.78, 5) is 16.3. The minimum absolute atomic E-state index is 0.223. The Morgan fingerprint density at radius 3 is 2.88 bits per heavy atom. The molecule has 5 heteroatoms. The molecule has 0 bridgehead atoms. The molecule has 0 saturated carbocycles. The number of pyridine rings is 1. The first-order chi connectivity index (χ1) is 11.5. The van der Waals surface area contributed by atoms with Gasteiger partial charge < -0.3 is 15.2 Å². The second kappa shape index (κ2) is 8.45. The van der Waals surface area contributed by atoms with Crippen LogP contribution in [0.4, 0.5) is 0 Å². The molecule has 1 atom stereocenters. The van der Waals surface area contributed by atoms with E-state index in [1.807, 2.05) is 19.1 Å². The molecule has 0 radical (unpaired) electrons. The Kier molecular flexibility index (Phi) is 6.32. The van der Waals surface area contributed by atoms with Gasteiger partial charge in [0.05, 0.1) is 5.60 Å². The Morgan fingerprint density at radius 1 is 1.33 bits per heavy atom. The van der Waals surface area contributed by atoms with Crippen LogP contribution in [0.25, 0.3) is 0 Å². The number of carbonyl (C=O) groups excluding carboxylic acids is 1. The maximum Gasteiger partial charge on any atom is 0.251 e. The third-order valence-electron chi connectivity index (χ3n) is 3.64. The van der Waals surface area contributed by atoms with Gasteiger partial charge in [-0.2, -0.15) is 0 Å². The summed E-state index contributed by atoms with van der Waals surface area (Å²) in [7, 11) is 0. The third kappa shape index (κ3) is 5.66. The Morgan fingerprint density at radius 2 is 2.17 bits per heavy atom. The van der Waals surface area contributed by atoms with Gasteiger partial charge in [-0.3, -0.25) is 9.78 Å². The predicted molar refractivity (Wildman–Crippen MR) is 92.9 cm³/mol. The summed E-state index contributed by atoms with van der Waals surface area (Å²) in [6.07, 6.45) is 4.95. The summed E-state index contributed by atoms with van der Waals surface area (Å²) in [5.74, 6) is 0.394. The summed E-state index contributed by atoms with van der Waals surface area (Å²) >= 11 is 0. The van der Waals surface area contributed by atoms with Gasteiger partial charge in [0.25, 0.3) is 5.91 Å². The van der Waals surface area contributed by atoms with Crippen molar-refractivity contribution in [2.24, 2.45) is 0 Å². The van der Waals surface area contributed by atoms with Crippen molar-refractivity contribution in [1.82, 2.24) is 10.3 Å². The molecule has 0 spiro atoms. The van der Waals surface area contributed by atoms with Crippen molar-refractivity contribution in [2.75, 3.05) is 6.54 Å². The van der Waals surface area contributed by atoms with Gasteiger partial charge in [0.15, 0.2) is 0 Å². The molecule has 0 unspecified atom stereocenters. The zero-order chi connectivity index (χ0) is 17.4. The molecule has 2 rings (SSSR count). The number of aromatic nitrogens is 1. The minimum Gasteiger partial charge on any atom is -0.489 e. The highest BCUT2D eigenvalue weighted by Crippen LogP contribution is 2.16. The SMILES string of the molecule is CCC[C@](C)(O)CNC(=O)c1cccc(OCc2cccnc2)c1. The third-order valence-corrected chi connectivity index (χ3v) is 3.64. The maximum absolute atomic E-state index is 12.2. The van der Waals surface area contributed by atoms with E-state index in [4.69, 9.17) is 4.74 Å². The van der Waals surface area contributed by atoms with Crippen LogP contribution < -0.4 is 10.1 Å². The first-order valence-corrected chi connectivity index (χ1v) is 8.12. The van der Waals surface area contributed by atoms with E-state index in [2.05, 4.69) is 10.3 Å². The van der Waals surface area contributed by atoms with Gasteiger partial charge in [-0.15, -0.1) is 0 Å². The van der Waals surface area contributed by atoms with E-state index in [0.29, 0.717) is 24.3 Å². The Labute approximate surface area is 142 Å². The number of amides is 1. The first kappa shape index (κ1) is 17.9. The molecule has 1 heterocycles. The molecule has 0 aliphatic rings. The van der Waals surface area contributed by atoms with E-state index >= 15 is 0 Å². The zero-order valence-electron chi connectivity index (χ0n) is 14.2. The number of aliphatic hydroxyl groups is 1. The summed E-state index contributed by atoms with van der Waals surface area (Å²) in [5, 5.41) is 12.9.